The van der Waals surface area contributed by atoms with Crippen LogP contribution in [-0.2, 0) is 9.53 Å². The Morgan fingerprint density at radius 3 is 2.62 bits per heavy atom. The standard InChI is InChI=1S/C27H21FN2O3S/c1-3-33-26(32)23-16(2)29-27-30(24(23)21-10-6-8-18-7-4-5-9-20(18)21)25(31)22(34-27)15-17-11-13-19(28)14-12-17/h4-15,24H,3H2,1-2H3/b22-15+/t24-/m0/s1. The van der Waals surface area contributed by atoms with Crippen molar-refractivity contribution in [2.45, 2.75) is 19.9 Å². The minimum absolute atomic E-state index is 0.215. The molecule has 4 aromatic rings. The van der Waals surface area contributed by atoms with Crippen molar-refractivity contribution >= 4 is 34.2 Å². The van der Waals surface area contributed by atoms with Crippen LogP contribution < -0.4 is 14.9 Å². The molecule has 0 radical (unpaired) electrons. The van der Waals surface area contributed by atoms with E-state index in [1.54, 1.807) is 36.6 Å². The van der Waals surface area contributed by atoms with Crippen LogP contribution in [0.5, 0.6) is 0 Å². The van der Waals surface area contributed by atoms with Crippen LogP contribution in [0, 0.1) is 5.82 Å². The third kappa shape index (κ3) is 3.78. The van der Waals surface area contributed by atoms with Crippen molar-refractivity contribution < 1.29 is 13.9 Å². The maximum atomic E-state index is 13.7. The third-order valence-corrected chi connectivity index (χ3v) is 6.79. The van der Waals surface area contributed by atoms with E-state index >= 15 is 0 Å². The van der Waals surface area contributed by atoms with Crippen LogP contribution in [0.15, 0.2) is 87.8 Å². The first-order valence-corrected chi connectivity index (χ1v) is 11.7. The van der Waals surface area contributed by atoms with Gasteiger partial charge in [-0.2, -0.15) is 0 Å². The monoisotopic (exact) mass is 472 g/mol. The minimum atomic E-state index is -0.684. The van der Waals surface area contributed by atoms with E-state index < -0.39 is 12.0 Å². The summed E-state index contributed by atoms with van der Waals surface area (Å²) in [5.74, 6) is -0.834. The van der Waals surface area contributed by atoms with Crippen LogP contribution in [0.2, 0.25) is 0 Å². The number of ether oxygens (including phenoxy) is 1. The van der Waals surface area contributed by atoms with E-state index in [0.29, 0.717) is 26.2 Å². The van der Waals surface area contributed by atoms with E-state index in [1.165, 1.54) is 23.5 Å². The lowest BCUT2D eigenvalue weighted by atomic mass is 9.91. The second kappa shape index (κ2) is 8.83. The predicted molar refractivity (Wildman–Crippen MR) is 131 cm³/mol. The van der Waals surface area contributed by atoms with Crippen LogP contribution in [-0.4, -0.2) is 17.1 Å². The normalized spacial score (nSPS) is 15.9. The highest BCUT2D eigenvalue weighted by atomic mass is 32.1. The summed E-state index contributed by atoms with van der Waals surface area (Å²) < 4.78 is 20.7. The second-order valence-corrected chi connectivity index (χ2v) is 8.93. The van der Waals surface area contributed by atoms with Crippen molar-refractivity contribution in [1.82, 2.24) is 4.57 Å². The second-order valence-electron chi connectivity index (χ2n) is 7.92. The number of aromatic nitrogens is 1. The molecule has 34 heavy (non-hydrogen) atoms. The van der Waals surface area contributed by atoms with Crippen molar-refractivity contribution in [3.63, 3.8) is 0 Å². The molecule has 0 bridgehead atoms. The van der Waals surface area contributed by atoms with Crippen LogP contribution in [0.3, 0.4) is 0 Å². The number of benzene rings is 3. The molecule has 2 heterocycles. The van der Waals surface area contributed by atoms with Gasteiger partial charge in [0.15, 0.2) is 4.80 Å². The van der Waals surface area contributed by atoms with Gasteiger partial charge >= 0.3 is 5.97 Å². The topological polar surface area (TPSA) is 60.7 Å². The smallest absolute Gasteiger partial charge is 0.338 e. The highest BCUT2D eigenvalue weighted by Crippen LogP contribution is 2.34. The van der Waals surface area contributed by atoms with Gasteiger partial charge in [0.05, 0.1) is 28.5 Å². The number of halogens is 1. The average Bonchev–Trinajstić information content (AvgIpc) is 3.13. The molecule has 1 aromatic heterocycles. The fourth-order valence-corrected chi connectivity index (χ4v) is 5.33. The van der Waals surface area contributed by atoms with Gasteiger partial charge in [-0.3, -0.25) is 9.36 Å². The van der Waals surface area contributed by atoms with Crippen molar-refractivity contribution in [3.05, 3.63) is 115 Å². The molecule has 1 aliphatic heterocycles. The molecule has 1 atom stereocenters. The Labute approximate surface area is 198 Å². The number of allylic oxidation sites excluding steroid dienone is 1. The summed E-state index contributed by atoms with van der Waals surface area (Å²) in [7, 11) is 0. The molecule has 0 N–H and O–H groups in total. The van der Waals surface area contributed by atoms with E-state index in [1.807, 2.05) is 42.5 Å². The number of carbonyl (C=O) groups excluding carboxylic acids is 1. The SMILES string of the molecule is CCOC(=O)C1=C(C)N=c2s/c(=C/c3ccc(F)cc3)c(=O)n2[C@H]1c1cccc2ccccc12. The summed E-state index contributed by atoms with van der Waals surface area (Å²) in [5, 5.41) is 1.95. The lowest BCUT2D eigenvalue weighted by Crippen LogP contribution is -2.40. The first-order valence-electron chi connectivity index (χ1n) is 10.9. The largest absolute Gasteiger partial charge is 0.463 e. The van der Waals surface area contributed by atoms with Gasteiger partial charge in [-0.05, 0) is 54.0 Å². The van der Waals surface area contributed by atoms with Gasteiger partial charge in [0.1, 0.15) is 5.82 Å². The van der Waals surface area contributed by atoms with E-state index in [2.05, 4.69) is 4.99 Å². The third-order valence-electron chi connectivity index (χ3n) is 5.80. The fourth-order valence-electron chi connectivity index (χ4n) is 4.29. The summed E-state index contributed by atoms with van der Waals surface area (Å²) in [5.41, 5.74) is 2.13. The predicted octanol–water partition coefficient (Wildman–Crippen LogP) is 4.09. The number of nitrogens with zero attached hydrogens (tertiary/aromatic N) is 2. The van der Waals surface area contributed by atoms with E-state index in [9.17, 15) is 14.0 Å². The minimum Gasteiger partial charge on any atom is -0.463 e. The Morgan fingerprint density at radius 2 is 1.85 bits per heavy atom. The Balaban J connectivity index is 1.80. The number of fused-ring (bicyclic) bond motifs is 2. The molecule has 0 unspecified atom stereocenters. The lowest BCUT2D eigenvalue weighted by Gasteiger charge is -2.25. The van der Waals surface area contributed by atoms with Crippen LogP contribution in [0.4, 0.5) is 4.39 Å². The summed E-state index contributed by atoms with van der Waals surface area (Å²) in [6.45, 7) is 3.73. The molecule has 5 nitrogen and oxygen atoms in total. The molecule has 3 aromatic carbocycles. The van der Waals surface area contributed by atoms with Crippen molar-refractivity contribution in [1.29, 1.82) is 0 Å². The van der Waals surface area contributed by atoms with Gasteiger partial charge in [-0.25, -0.2) is 14.2 Å². The van der Waals surface area contributed by atoms with Gasteiger partial charge in [-0.1, -0.05) is 65.9 Å². The van der Waals surface area contributed by atoms with Gasteiger partial charge in [0, 0.05) is 0 Å². The molecular formula is C27H21FN2O3S. The summed E-state index contributed by atoms with van der Waals surface area (Å²) in [6.07, 6.45) is 1.72. The summed E-state index contributed by atoms with van der Waals surface area (Å²) in [6, 6.07) is 19.0. The summed E-state index contributed by atoms with van der Waals surface area (Å²) in [4.78, 5) is 31.9. The Kier molecular flexibility index (Phi) is 5.71. The molecule has 0 saturated heterocycles. The van der Waals surface area contributed by atoms with Gasteiger partial charge in [0.25, 0.3) is 5.56 Å². The number of hydrogen-bond donors (Lipinski definition) is 0. The molecule has 0 aliphatic carbocycles. The molecule has 5 rings (SSSR count). The van der Waals surface area contributed by atoms with Gasteiger partial charge in [0.2, 0.25) is 0 Å². The number of carbonyl (C=O) groups is 1. The Bertz CT molecular complexity index is 1630. The number of rotatable bonds is 4. The maximum Gasteiger partial charge on any atom is 0.338 e. The van der Waals surface area contributed by atoms with Crippen LogP contribution >= 0.6 is 11.3 Å². The van der Waals surface area contributed by atoms with Crippen molar-refractivity contribution in [3.8, 4) is 0 Å². The van der Waals surface area contributed by atoms with E-state index in [4.69, 9.17) is 4.74 Å². The first kappa shape index (κ1) is 22.0. The van der Waals surface area contributed by atoms with Gasteiger partial charge in [-0.15, -0.1) is 0 Å². The summed E-state index contributed by atoms with van der Waals surface area (Å²) >= 11 is 1.24. The molecule has 1 aliphatic rings. The van der Waals surface area contributed by atoms with E-state index in [-0.39, 0.29) is 18.0 Å². The first-order chi connectivity index (χ1) is 16.5. The molecular weight excluding hydrogens is 451 g/mol. The molecule has 0 fully saturated rings. The number of esters is 1. The maximum absolute atomic E-state index is 13.7. The zero-order valence-corrected chi connectivity index (χ0v) is 19.4. The zero-order chi connectivity index (χ0) is 23.8. The van der Waals surface area contributed by atoms with Crippen LogP contribution in [0.1, 0.15) is 31.0 Å². The molecule has 0 amide bonds. The quantitative estimate of drug-likeness (QED) is 0.421. The Hall–Kier alpha value is -3.84. The highest BCUT2D eigenvalue weighted by Gasteiger charge is 2.34. The molecule has 7 heteroatoms. The number of hydrogen-bond acceptors (Lipinski definition) is 5. The fraction of sp³-hybridized carbons (Fsp3) is 0.148. The van der Waals surface area contributed by atoms with Crippen molar-refractivity contribution in [2.75, 3.05) is 6.61 Å². The number of thiazole rings is 1. The average molecular weight is 473 g/mol. The van der Waals surface area contributed by atoms with E-state index in [0.717, 1.165) is 16.3 Å². The zero-order valence-electron chi connectivity index (χ0n) is 18.6. The van der Waals surface area contributed by atoms with Gasteiger partial charge < -0.3 is 4.74 Å². The molecule has 0 saturated carbocycles. The molecule has 0 spiro atoms. The van der Waals surface area contributed by atoms with Crippen molar-refractivity contribution in [2.24, 2.45) is 4.99 Å². The Morgan fingerprint density at radius 1 is 1.12 bits per heavy atom. The highest BCUT2D eigenvalue weighted by molar-refractivity contribution is 7.07. The lowest BCUT2D eigenvalue weighted by molar-refractivity contribution is -0.139. The molecule has 170 valence electrons. The van der Waals surface area contributed by atoms with Crippen LogP contribution in [0.25, 0.3) is 16.8 Å².